The molecule has 2 aromatic carbocycles. The molecule has 0 unspecified atom stereocenters. The highest BCUT2D eigenvalue weighted by Crippen LogP contribution is 2.14. The van der Waals surface area contributed by atoms with E-state index in [2.05, 4.69) is 15.4 Å². The Morgan fingerprint density at radius 2 is 1.53 bits per heavy atom. The van der Waals surface area contributed by atoms with Gasteiger partial charge in [0.05, 0.1) is 4.90 Å². The molecular formula is C22H23N3O5S2. The summed E-state index contributed by atoms with van der Waals surface area (Å²) in [4.78, 5) is 25.3. The molecule has 1 aromatic heterocycles. The number of sulfonamides is 1. The lowest BCUT2D eigenvalue weighted by molar-refractivity contribution is 0.0951. The predicted molar refractivity (Wildman–Crippen MR) is 122 cm³/mol. The zero-order valence-corrected chi connectivity index (χ0v) is 18.7. The Balaban J connectivity index is 1.46. The van der Waals surface area contributed by atoms with Gasteiger partial charge in [-0.05, 0) is 54.3 Å². The van der Waals surface area contributed by atoms with Gasteiger partial charge in [0.15, 0.2) is 0 Å². The Labute approximate surface area is 190 Å². The third kappa shape index (κ3) is 6.64. The van der Waals surface area contributed by atoms with Crippen LogP contribution in [0.5, 0.6) is 5.75 Å². The predicted octanol–water partition coefficient (Wildman–Crippen LogP) is 2.48. The third-order valence-corrected chi connectivity index (χ3v) is 6.73. The number of phenols is 1. The summed E-state index contributed by atoms with van der Waals surface area (Å²) in [7, 11) is -3.75. The van der Waals surface area contributed by atoms with Crippen LogP contribution in [-0.2, 0) is 16.6 Å². The third-order valence-electron chi connectivity index (χ3n) is 4.46. The zero-order chi connectivity index (χ0) is 23.0. The molecule has 3 rings (SSSR count). The van der Waals surface area contributed by atoms with Crippen LogP contribution in [0.25, 0.3) is 0 Å². The van der Waals surface area contributed by atoms with Gasteiger partial charge >= 0.3 is 0 Å². The molecule has 0 saturated heterocycles. The number of benzene rings is 2. The lowest BCUT2D eigenvalue weighted by atomic mass is 10.2. The number of aromatic hydroxyl groups is 1. The maximum absolute atomic E-state index is 12.5. The molecule has 0 saturated carbocycles. The van der Waals surface area contributed by atoms with E-state index in [0.29, 0.717) is 25.1 Å². The van der Waals surface area contributed by atoms with E-state index < -0.39 is 15.9 Å². The van der Waals surface area contributed by atoms with Crippen molar-refractivity contribution in [2.75, 3.05) is 13.1 Å². The monoisotopic (exact) mass is 473 g/mol. The van der Waals surface area contributed by atoms with Crippen LogP contribution in [0.1, 0.15) is 32.0 Å². The highest BCUT2D eigenvalue weighted by Gasteiger charge is 2.16. The summed E-state index contributed by atoms with van der Waals surface area (Å²) in [5.74, 6) is -0.712. The molecule has 168 valence electrons. The number of hydrogen-bond acceptors (Lipinski definition) is 6. The van der Waals surface area contributed by atoms with Crippen molar-refractivity contribution in [2.24, 2.45) is 0 Å². The van der Waals surface area contributed by atoms with Gasteiger partial charge in [-0.2, -0.15) is 0 Å². The fraction of sp³-hybridized carbons (Fsp3) is 0.182. The quantitative estimate of drug-likeness (QED) is 0.337. The Kier molecular flexibility index (Phi) is 7.98. The first-order valence-corrected chi connectivity index (χ1v) is 12.2. The zero-order valence-electron chi connectivity index (χ0n) is 17.1. The van der Waals surface area contributed by atoms with Gasteiger partial charge in [0.25, 0.3) is 11.8 Å². The minimum atomic E-state index is -3.75. The number of amides is 2. The molecule has 0 spiro atoms. The average molecular weight is 474 g/mol. The number of thiophene rings is 1. The van der Waals surface area contributed by atoms with Crippen molar-refractivity contribution in [1.82, 2.24) is 15.4 Å². The molecule has 0 fully saturated rings. The highest BCUT2D eigenvalue weighted by atomic mass is 32.2. The second-order valence-electron chi connectivity index (χ2n) is 6.85. The minimum Gasteiger partial charge on any atom is -0.508 e. The van der Waals surface area contributed by atoms with Crippen molar-refractivity contribution in [3.05, 3.63) is 82.0 Å². The number of phenolic OH excluding ortho intramolecular Hbond substituents is 1. The fourth-order valence-corrected chi connectivity index (χ4v) is 4.60. The fourth-order valence-electron chi connectivity index (χ4n) is 2.81. The SMILES string of the molecule is O=C(NCCCNC(=O)c1cccc(S(=O)(=O)NCc2cccs2)c1)c1cccc(O)c1. The molecule has 0 aliphatic carbocycles. The van der Waals surface area contributed by atoms with Gasteiger partial charge in [-0.25, -0.2) is 13.1 Å². The van der Waals surface area contributed by atoms with Crippen LogP contribution in [0.4, 0.5) is 0 Å². The standard InChI is InChI=1S/C22H23N3O5S2/c26-18-7-1-5-16(13-18)21(27)23-10-4-11-24-22(28)17-6-2-9-20(14-17)32(29,30)25-15-19-8-3-12-31-19/h1-3,5-9,12-14,25-26H,4,10-11,15H2,(H,23,27)(H,24,28). The Hall–Kier alpha value is -3.21. The van der Waals surface area contributed by atoms with Crippen LogP contribution in [-0.4, -0.2) is 38.4 Å². The molecule has 8 nitrogen and oxygen atoms in total. The van der Waals surface area contributed by atoms with E-state index in [-0.39, 0.29) is 28.7 Å². The van der Waals surface area contributed by atoms with Crippen LogP contribution < -0.4 is 15.4 Å². The number of carbonyl (C=O) groups excluding carboxylic acids is 2. The topological polar surface area (TPSA) is 125 Å². The lowest BCUT2D eigenvalue weighted by Gasteiger charge is -2.09. The molecule has 0 aliphatic heterocycles. The van der Waals surface area contributed by atoms with Crippen molar-refractivity contribution in [3.8, 4) is 5.75 Å². The van der Waals surface area contributed by atoms with Gasteiger partial charge in [0.1, 0.15) is 5.75 Å². The van der Waals surface area contributed by atoms with Crippen molar-refractivity contribution in [2.45, 2.75) is 17.9 Å². The van der Waals surface area contributed by atoms with E-state index in [1.807, 2.05) is 17.5 Å². The molecule has 10 heteroatoms. The van der Waals surface area contributed by atoms with E-state index in [9.17, 15) is 23.1 Å². The van der Waals surface area contributed by atoms with E-state index in [1.54, 1.807) is 12.1 Å². The Bertz CT molecular complexity index is 1180. The van der Waals surface area contributed by atoms with Crippen molar-refractivity contribution >= 4 is 33.2 Å². The smallest absolute Gasteiger partial charge is 0.251 e. The van der Waals surface area contributed by atoms with Crippen LogP contribution in [0.3, 0.4) is 0 Å². The molecule has 0 atom stereocenters. The van der Waals surface area contributed by atoms with Gasteiger partial charge in [-0.15, -0.1) is 11.3 Å². The van der Waals surface area contributed by atoms with E-state index >= 15 is 0 Å². The second-order valence-corrected chi connectivity index (χ2v) is 9.65. The number of nitrogens with one attached hydrogen (secondary N) is 3. The van der Waals surface area contributed by atoms with Crippen molar-refractivity contribution in [1.29, 1.82) is 0 Å². The summed E-state index contributed by atoms with van der Waals surface area (Å²) >= 11 is 1.45. The molecular weight excluding hydrogens is 450 g/mol. The molecule has 0 aliphatic rings. The van der Waals surface area contributed by atoms with E-state index in [1.165, 1.54) is 47.7 Å². The summed E-state index contributed by atoms with van der Waals surface area (Å²) in [5.41, 5.74) is 0.576. The van der Waals surface area contributed by atoms with Crippen LogP contribution in [0.2, 0.25) is 0 Å². The van der Waals surface area contributed by atoms with Gasteiger partial charge in [-0.1, -0.05) is 18.2 Å². The summed E-state index contributed by atoms with van der Waals surface area (Å²) < 4.78 is 27.5. The summed E-state index contributed by atoms with van der Waals surface area (Å²) in [5, 5.41) is 16.7. The molecule has 0 bridgehead atoms. The molecule has 32 heavy (non-hydrogen) atoms. The maximum Gasteiger partial charge on any atom is 0.251 e. The highest BCUT2D eigenvalue weighted by molar-refractivity contribution is 7.89. The first-order chi connectivity index (χ1) is 15.3. The molecule has 1 heterocycles. The van der Waals surface area contributed by atoms with E-state index in [4.69, 9.17) is 0 Å². The minimum absolute atomic E-state index is 0.0101. The second kappa shape index (κ2) is 10.9. The van der Waals surface area contributed by atoms with Crippen LogP contribution in [0.15, 0.2) is 70.9 Å². The molecule has 4 N–H and O–H groups in total. The first kappa shape index (κ1) is 23.5. The first-order valence-electron chi connectivity index (χ1n) is 9.83. The number of hydrogen-bond donors (Lipinski definition) is 4. The largest absolute Gasteiger partial charge is 0.508 e. The Morgan fingerprint density at radius 1 is 0.875 bits per heavy atom. The number of rotatable bonds is 10. The average Bonchev–Trinajstić information content (AvgIpc) is 3.31. The summed E-state index contributed by atoms with van der Waals surface area (Å²) in [6.07, 6.45) is 0.483. The van der Waals surface area contributed by atoms with Gasteiger partial charge in [0.2, 0.25) is 10.0 Å². The molecule has 0 radical (unpaired) electrons. The van der Waals surface area contributed by atoms with Gasteiger partial charge in [0, 0.05) is 35.6 Å². The van der Waals surface area contributed by atoms with E-state index in [0.717, 1.165) is 4.88 Å². The maximum atomic E-state index is 12.5. The van der Waals surface area contributed by atoms with Crippen molar-refractivity contribution in [3.63, 3.8) is 0 Å². The molecule has 3 aromatic rings. The molecule has 2 amide bonds. The van der Waals surface area contributed by atoms with Gasteiger partial charge < -0.3 is 15.7 Å². The normalized spacial score (nSPS) is 11.1. The van der Waals surface area contributed by atoms with Gasteiger partial charge in [-0.3, -0.25) is 9.59 Å². The van der Waals surface area contributed by atoms with Crippen LogP contribution >= 0.6 is 11.3 Å². The summed E-state index contributed by atoms with van der Waals surface area (Å²) in [6.45, 7) is 0.813. The van der Waals surface area contributed by atoms with Crippen molar-refractivity contribution < 1.29 is 23.1 Å². The summed E-state index contributed by atoms with van der Waals surface area (Å²) in [6, 6.07) is 15.5. The lowest BCUT2D eigenvalue weighted by Crippen LogP contribution is -2.30. The Morgan fingerprint density at radius 3 is 2.16 bits per heavy atom. The number of carbonyl (C=O) groups is 2. The van der Waals surface area contributed by atoms with Crippen LogP contribution in [0, 0.1) is 0 Å².